The van der Waals surface area contributed by atoms with Crippen LogP contribution >= 0.6 is 0 Å². The second kappa shape index (κ2) is 9.19. The maximum Gasteiger partial charge on any atom is 0.168 e. The van der Waals surface area contributed by atoms with Crippen LogP contribution in [-0.2, 0) is 16.0 Å². The predicted octanol–water partition coefficient (Wildman–Crippen LogP) is 4.91. The third kappa shape index (κ3) is 4.37. The van der Waals surface area contributed by atoms with Gasteiger partial charge in [-0.3, -0.25) is 0 Å². The van der Waals surface area contributed by atoms with Crippen molar-refractivity contribution in [3.63, 3.8) is 0 Å². The van der Waals surface area contributed by atoms with Crippen molar-refractivity contribution in [1.29, 1.82) is 0 Å². The summed E-state index contributed by atoms with van der Waals surface area (Å²) >= 11 is 0. The Morgan fingerprint density at radius 2 is 1.92 bits per heavy atom. The first-order chi connectivity index (χ1) is 11.8. The van der Waals surface area contributed by atoms with E-state index in [9.17, 15) is 0 Å². The van der Waals surface area contributed by atoms with Gasteiger partial charge in [-0.1, -0.05) is 26.0 Å². The number of rotatable bonds is 4. The molecule has 1 atom stereocenters. The number of ether oxygens (including phenoxy) is 2. The van der Waals surface area contributed by atoms with Crippen LogP contribution in [0.3, 0.4) is 0 Å². The molecule has 1 saturated carbocycles. The van der Waals surface area contributed by atoms with Gasteiger partial charge in [0, 0.05) is 19.4 Å². The number of imidazole rings is 1. The molecule has 0 radical (unpaired) electrons. The van der Waals surface area contributed by atoms with E-state index in [1.807, 2.05) is 40.1 Å². The van der Waals surface area contributed by atoms with Gasteiger partial charge in [-0.25, -0.2) is 4.98 Å². The largest absolute Gasteiger partial charge is 0.348 e. The highest BCUT2D eigenvalue weighted by Gasteiger charge is 2.41. The van der Waals surface area contributed by atoms with Crippen LogP contribution in [0.25, 0.3) is 12.2 Å². The molecule has 2 heterocycles. The summed E-state index contributed by atoms with van der Waals surface area (Å²) in [4.78, 5) is 4.54. The number of hydrogen-bond donors (Lipinski definition) is 0. The molecular weight excluding hydrogens is 300 g/mol. The Morgan fingerprint density at radius 1 is 1.21 bits per heavy atom. The SMILES string of the molecule is C/C=C\c1ncn(CC2CCCC3(C2)OCCO3)c1/C=C\C.CC. The lowest BCUT2D eigenvalue weighted by atomic mass is 9.84. The summed E-state index contributed by atoms with van der Waals surface area (Å²) < 4.78 is 14.1. The lowest BCUT2D eigenvalue weighted by Crippen LogP contribution is -2.37. The van der Waals surface area contributed by atoms with Crippen molar-refractivity contribution in [2.24, 2.45) is 5.92 Å². The van der Waals surface area contributed by atoms with Crippen LogP contribution in [0, 0.1) is 5.92 Å². The smallest absolute Gasteiger partial charge is 0.168 e. The Hall–Kier alpha value is -1.39. The maximum absolute atomic E-state index is 5.90. The van der Waals surface area contributed by atoms with Gasteiger partial charge in [0.15, 0.2) is 5.79 Å². The summed E-state index contributed by atoms with van der Waals surface area (Å²) in [5.41, 5.74) is 2.23. The van der Waals surface area contributed by atoms with Crippen LogP contribution in [0.15, 0.2) is 18.5 Å². The fraction of sp³-hybridized carbons (Fsp3) is 0.650. The zero-order valence-corrected chi connectivity index (χ0v) is 15.6. The van der Waals surface area contributed by atoms with Gasteiger partial charge in [-0.2, -0.15) is 0 Å². The van der Waals surface area contributed by atoms with Gasteiger partial charge in [0.2, 0.25) is 0 Å². The van der Waals surface area contributed by atoms with Crippen LogP contribution in [-0.4, -0.2) is 28.6 Å². The number of allylic oxidation sites excluding steroid dienone is 2. The van der Waals surface area contributed by atoms with Crippen molar-refractivity contribution in [1.82, 2.24) is 9.55 Å². The molecule has 4 heteroatoms. The Bertz CT molecular complexity index is 554. The average molecular weight is 332 g/mol. The van der Waals surface area contributed by atoms with Gasteiger partial charge in [-0.05, 0) is 44.8 Å². The number of hydrogen-bond acceptors (Lipinski definition) is 3. The number of nitrogens with zero attached hydrogens (tertiary/aromatic N) is 2. The summed E-state index contributed by atoms with van der Waals surface area (Å²) in [6.07, 6.45) is 14.7. The molecule has 1 saturated heterocycles. The molecule has 2 aliphatic rings. The van der Waals surface area contributed by atoms with Gasteiger partial charge in [0.05, 0.1) is 30.9 Å². The van der Waals surface area contributed by atoms with Crippen molar-refractivity contribution < 1.29 is 9.47 Å². The quantitative estimate of drug-likeness (QED) is 0.786. The molecule has 1 unspecified atom stereocenters. The Balaban J connectivity index is 0.00000100. The molecule has 0 N–H and O–H groups in total. The summed E-state index contributed by atoms with van der Waals surface area (Å²) in [5, 5.41) is 0. The van der Waals surface area contributed by atoms with Crippen LogP contribution in [0.4, 0.5) is 0 Å². The minimum atomic E-state index is -0.295. The van der Waals surface area contributed by atoms with E-state index in [0.717, 1.165) is 38.3 Å². The first-order valence-electron chi connectivity index (χ1n) is 9.35. The number of aromatic nitrogens is 2. The third-order valence-corrected chi connectivity index (χ3v) is 4.60. The van der Waals surface area contributed by atoms with E-state index >= 15 is 0 Å². The van der Waals surface area contributed by atoms with E-state index in [2.05, 4.69) is 27.8 Å². The first kappa shape index (κ1) is 18.9. The Morgan fingerprint density at radius 3 is 2.58 bits per heavy atom. The molecule has 3 rings (SSSR count). The van der Waals surface area contributed by atoms with Crippen LogP contribution in [0.5, 0.6) is 0 Å². The summed E-state index contributed by atoms with van der Waals surface area (Å²) in [7, 11) is 0. The maximum atomic E-state index is 5.90. The zero-order valence-electron chi connectivity index (χ0n) is 15.6. The van der Waals surface area contributed by atoms with Crippen LogP contribution < -0.4 is 0 Å². The fourth-order valence-corrected chi connectivity index (χ4v) is 3.68. The molecule has 1 aliphatic heterocycles. The molecule has 1 spiro atoms. The fourth-order valence-electron chi connectivity index (χ4n) is 3.68. The molecule has 2 fully saturated rings. The normalized spacial score (nSPS) is 23.1. The van der Waals surface area contributed by atoms with Gasteiger partial charge >= 0.3 is 0 Å². The van der Waals surface area contributed by atoms with Gasteiger partial charge in [0.25, 0.3) is 0 Å². The first-order valence-corrected chi connectivity index (χ1v) is 9.35. The summed E-state index contributed by atoms with van der Waals surface area (Å²) in [6, 6.07) is 0. The second-order valence-electron chi connectivity index (χ2n) is 6.24. The summed E-state index contributed by atoms with van der Waals surface area (Å²) in [6.45, 7) is 10.5. The molecule has 4 nitrogen and oxygen atoms in total. The molecule has 134 valence electrons. The van der Waals surface area contributed by atoms with Crippen molar-refractivity contribution >= 4 is 12.2 Å². The lowest BCUT2D eigenvalue weighted by molar-refractivity contribution is -0.187. The molecule has 0 amide bonds. The van der Waals surface area contributed by atoms with Gasteiger partial charge < -0.3 is 14.0 Å². The standard InChI is InChI=1S/C18H26N2O2.C2H6/c1-3-6-16-17(7-4-2)20(14-19-16)13-15-8-5-9-18(12-15)21-10-11-22-18;1-2/h3-4,6-7,14-15H,5,8-13H2,1-2H3;1-2H3/b6-3-,7-4-;. The van der Waals surface area contributed by atoms with E-state index in [1.54, 1.807) is 0 Å². The zero-order chi connectivity index (χ0) is 17.4. The monoisotopic (exact) mass is 332 g/mol. The van der Waals surface area contributed by atoms with E-state index < -0.39 is 0 Å². The molecule has 0 aromatic carbocycles. The minimum Gasteiger partial charge on any atom is -0.348 e. The lowest BCUT2D eigenvalue weighted by Gasteiger charge is -2.36. The van der Waals surface area contributed by atoms with Gasteiger partial charge in [0.1, 0.15) is 0 Å². The van der Waals surface area contributed by atoms with Gasteiger partial charge in [-0.15, -0.1) is 0 Å². The van der Waals surface area contributed by atoms with E-state index in [-0.39, 0.29) is 5.79 Å². The highest BCUT2D eigenvalue weighted by atomic mass is 16.7. The van der Waals surface area contributed by atoms with Crippen molar-refractivity contribution in [3.05, 3.63) is 29.9 Å². The van der Waals surface area contributed by atoms with E-state index in [0.29, 0.717) is 5.92 Å². The molecule has 1 aromatic heterocycles. The third-order valence-electron chi connectivity index (χ3n) is 4.60. The highest BCUT2D eigenvalue weighted by molar-refractivity contribution is 5.59. The van der Waals surface area contributed by atoms with E-state index in [1.165, 1.54) is 18.5 Å². The van der Waals surface area contributed by atoms with E-state index in [4.69, 9.17) is 9.47 Å². The topological polar surface area (TPSA) is 36.3 Å². The van der Waals surface area contributed by atoms with Crippen molar-refractivity contribution in [2.75, 3.05) is 13.2 Å². The van der Waals surface area contributed by atoms with Crippen LogP contribution in [0.2, 0.25) is 0 Å². The predicted molar refractivity (Wildman–Crippen MR) is 99.6 cm³/mol. The van der Waals surface area contributed by atoms with Crippen LogP contribution in [0.1, 0.15) is 64.8 Å². The minimum absolute atomic E-state index is 0.295. The molecule has 1 aromatic rings. The molecule has 0 bridgehead atoms. The molecular formula is C20H32N2O2. The highest BCUT2D eigenvalue weighted by Crippen LogP contribution is 2.39. The average Bonchev–Trinajstić information content (AvgIpc) is 3.19. The molecule has 24 heavy (non-hydrogen) atoms. The van der Waals surface area contributed by atoms with Crippen molar-refractivity contribution in [2.45, 2.75) is 65.7 Å². The summed E-state index contributed by atoms with van der Waals surface area (Å²) in [5.74, 6) is 0.291. The molecule has 1 aliphatic carbocycles. The second-order valence-corrected chi connectivity index (χ2v) is 6.24. The Kier molecular flexibility index (Phi) is 7.25. The van der Waals surface area contributed by atoms with Crippen molar-refractivity contribution in [3.8, 4) is 0 Å². The Labute approximate surface area is 146 Å².